The highest BCUT2D eigenvalue weighted by molar-refractivity contribution is 5.96. The van der Waals surface area contributed by atoms with Gasteiger partial charge in [0.05, 0.1) is 18.8 Å². The van der Waals surface area contributed by atoms with Gasteiger partial charge in [-0.25, -0.2) is 0 Å². The van der Waals surface area contributed by atoms with E-state index in [1.807, 2.05) is 42.2 Å². The summed E-state index contributed by atoms with van der Waals surface area (Å²) in [6.45, 7) is 3.62. The van der Waals surface area contributed by atoms with Gasteiger partial charge in [-0.3, -0.25) is 9.78 Å². The Bertz CT molecular complexity index is 639. The molecule has 1 aromatic carbocycles. The van der Waals surface area contributed by atoms with Crippen LogP contribution in [0.2, 0.25) is 0 Å². The van der Waals surface area contributed by atoms with E-state index in [2.05, 4.69) is 16.4 Å². The zero-order chi connectivity index (χ0) is 13.9. The third kappa shape index (κ3) is 2.42. The number of rotatable bonds is 2. The monoisotopic (exact) mass is 267 g/mol. The minimum Gasteiger partial charge on any atom is -0.305 e. The van der Waals surface area contributed by atoms with Gasteiger partial charge < -0.3 is 10.2 Å². The molecule has 0 atom stereocenters. The van der Waals surface area contributed by atoms with Crippen molar-refractivity contribution in [3.05, 3.63) is 59.4 Å². The number of hydrogen-bond acceptors (Lipinski definition) is 3. The Kier molecular flexibility index (Phi) is 3.48. The highest BCUT2D eigenvalue weighted by atomic mass is 16.2. The maximum absolute atomic E-state index is 12.3. The molecule has 1 amide bonds. The first kappa shape index (κ1) is 12.8. The Hall–Kier alpha value is -2.20. The van der Waals surface area contributed by atoms with E-state index in [-0.39, 0.29) is 5.91 Å². The summed E-state index contributed by atoms with van der Waals surface area (Å²) in [7, 11) is 0. The Balaban J connectivity index is 1.98. The van der Waals surface area contributed by atoms with E-state index in [0.29, 0.717) is 13.1 Å². The van der Waals surface area contributed by atoms with Crippen LogP contribution in [0, 0.1) is 6.92 Å². The van der Waals surface area contributed by atoms with E-state index in [0.717, 1.165) is 29.1 Å². The molecule has 4 heteroatoms. The third-order valence-electron chi connectivity index (χ3n) is 3.60. The number of carbonyl (C=O) groups is 1. The van der Waals surface area contributed by atoms with E-state index in [1.165, 1.54) is 0 Å². The van der Waals surface area contributed by atoms with Gasteiger partial charge in [-0.05, 0) is 30.2 Å². The van der Waals surface area contributed by atoms with Crippen LogP contribution in [0.3, 0.4) is 0 Å². The number of nitrogens with one attached hydrogen (secondary N) is 1. The van der Waals surface area contributed by atoms with Crippen LogP contribution in [-0.4, -0.2) is 17.4 Å². The van der Waals surface area contributed by atoms with Crippen LogP contribution in [0.25, 0.3) is 0 Å². The largest absolute Gasteiger partial charge is 0.305 e. The van der Waals surface area contributed by atoms with Gasteiger partial charge >= 0.3 is 0 Å². The van der Waals surface area contributed by atoms with Gasteiger partial charge in [0.25, 0.3) is 0 Å². The van der Waals surface area contributed by atoms with Crippen LogP contribution in [0.15, 0.2) is 42.6 Å². The van der Waals surface area contributed by atoms with Crippen molar-refractivity contribution in [1.82, 2.24) is 10.3 Å². The molecular formula is C16H17N3O. The number of amides is 1. The molecule has 1 aromatic heterocycles. The normalized spacial score (nSPS) is 14.8. The molecule has 2 aromatic rings. The maximum atomic E-state index is 12.3. The smallest absolute Gasteiger partial charge is 0.241 e. The van der Waals surface area contributed by atoms with Crippen molar-refractivity contribution in [2.24, 2.45) is 0 Å². The second kappa shape index (κ2) is 5.43. The molecule has 0 saturated carbocycles. The first-order valence-electron chi connectivity index (χ1n) is 6.75. The van der Waals surface area contributed by atoms with E-state index < -0.39 is 0 Å². The maximum Gasteiger partial charge on any atom is 0.241 e. The lowest BCUT2D eigenvalue weighted by Crippen LogP contribution is -2.35. The molecule has 2 heterocycles. The lowest BCUT2D eigenvalue weighted by molar-refractivity contribution is -0.117. The molecule has 102 valence electrons. The Labute approximate surface area is 118 Å². The molecule has 0 saturated heterocycles. The fourth-order valence-electron chi connectivity index (χ4n) is 2.46. The van der Waals surface area contributed by atoms with Crippen LogP contribution in [0.4, 0.5) is 5.69 Å². The fourth-order valence-corrected chi connectivity index (χ4v) is 2.46. The molecule has 1 aliphatic heterocycles. The lowest BCUT2D eigenvalue weighted by atomic mass is 10.1. The Morgan fingerprint density at radius 3 is 2.90 bits per heavy atom. The Morgan fingerprint density at radius 1 is 1.20 bits per heavy atom. The second-order valence-corrected chi connectivity index (χ2v) is 4.98. The molecule has 0 bridgehead atoms. The van der Waals surface area contributed by atoms with Crippen LogP contribution < -0.4 is 10.2 Å². The molecule has 3 rings (SSSR count). The average Bonchev–Trinajstić information content (AvgIpc) is 2.61. The molecule has 1 aliphatic rings. The van der Waals surface area contributed by atoms with Crippen molar-refractivity contribution in [1.29, 1.82) is 0 Å². The van der Waals surface area contributed by atoms with Crippen molar-refractivity contribution >= 4 is 11.6 Å². The standard InChI is InChI=1S/C16H17N3O/c1-12-5-4-8-18-14(12)11-19-15-7-3-2-6-13(15)9-17-10-16(19)20/h2-8,17H,9-11H2,1H3. The quantitative estimate of drug-likeness (QED) is 0.905. The molecule has 0 aliphatic carbocycles. The summed E-state index contributed by atoms with van der Waals surface area (Å²) in [6.07, 6.45) is 1.77. The number of aromatic nitrogens is 1. The van der Waals surface area contributed by atoms with Gasteiger partial charge in [0.15, 0.2) is 0 Å². The molecule has 0 spiro atoms. The number of pyridine rings is 1. The summed E-state index contributed by atoms with van der Waals surface area (Å²) in [5.74, 6) is 0.0833. The van der Waals surface area contributed by atoms with Crippen molar-refractivity contribution in [3.8, 4) is 0 Å². The minimum atomic E-state index is 0.0833. The third-order valence-corrected chi connectivity index (χ3v) is 3.60. The minimum absolute atomic E-state index is 0.0833. The zero-order valence-electron chi connectivity index (χ0n) is 11.5. The number of anilines is 1. The molecule has 0 radical (unpaired) electrons. The zero-order valence-corrected chi connectivity index (χ0v) is 11.5. The van der Waals surface area contributed by atoms with Gasteiger partial charge in [-0.2, -0.15) is 0 Å². The lowest BCUT2D eigenvalue weighted by Gasteiger charge is -2.23. The molecule has 4 nitrogen and oxygen atoms in total. The summed E-state index contributed by atoms with van der Waals surface area (Å²) in [5, 5.41) is 3.17. The van der Waals surface area contributed by atoms with Gasteiger partial charge in [0, 0.05) is 18.4 Å². The van der Waals surface area contributed by atoms with Gasteiger partial charge in [-0.15, -0.1) is 0 Å². The van der Waals surface area contributed by atoms with Crippen LogP contribution in [0.1, 0.15) is 16.8 Å². The second-order valence-electron chi connectivity index (χ2n) is 4.98. The topological polar surface area (TPSA) is 45.2 Å². The van der Waals surface area contributed by atoms with E-state index >= 15 is 0 Å². The highest BCUT2D eigenvalue weighted by Crippen LogP contribution is 2.24. The number of hydrogen-bond donors (Lipinski definition) is 1. The van der Waals surface area contributed by atoms with E-state index in [4.69, 9.17) is 0 Å². The van der Waals surface area contributed by atoms with Crippen molar-refractivity contribution < 1.29 is 4.79 Å². The van der Waals surface area contributed by atoms with Crippen LogP contribution >= 0.6 is 0 Å². The van der Waals surface area contributed by atoms with Crippen molar-refractivity contribution in [3.63, 3.8) is 0 Å². The Morgan fingerprint density at radius 2 is 2.05 bits per heavy atom. The average molecular weight is 267 g/mol. The summed E-state index contributed by atoms with van der Waals surface area (Å²) < 4.78 is 0. The van der Waals surface area contributed by atoms with Crippen LogP contribution in [0.5, 0.6) is 0 Å². The van der Waals surface area contributed by atoms with Crippen molar-refractivity contribution in [2.45, 2.75) is 20.0 Å². The highest BCUT2D eigenvalue weighted by Gasteiger charge is 2.22. The summed E-state index contributed by atoms with van der Waals surface area (Å²) in [4.78, 5) is 18.5. The number of fused-ring (bicyclic) bond motifs is 1. The van der Waals surface area contributed by atoms with Gasteiger partial charge in [0.2, 0.25) is 5.91 Å². The molecule has 0 unspecified atom stereocenters. The predicted molar refractivity (Wildman–Crippen MR) is 78.3 cm³/mol. The first-order chi connectivity index (χ1) is 9.75. The molecule has 20 heavy (non-hydrogen) atoms. The van der Waals surface area contributed by atoms with Gasteiger partial charge in [-0.1, -0.05) is 24.3 Å². The molecule has 0 fully saturated rings. The number of benzene rings is 1. The van der Waals surface area contributed by atoms with E-state index in [1.54, 1.807) is 6.20 Å². The first-order valence-corrected chi connectivity index (χ1v) is 6.75. The molecular weight excluding hydrogens is 250 g/mol. The number of nitrogens with zero attached hydrogens (tertiary/aromatic N) is 2. The molecule has 1 N–H and O–H groups in total. The summed E-state index contributed by atoms with van der Waals surface area (Å²) in [6, 6.07) is 12.0. The predicted octanol–water partition coefficient (Wildman–Crippen LogP) is 2.03. The number of carbonyl (C=O) groups excluding carboxylic acids is 1. The van der Waals surface area contributed by atoms with Crippen LogP contribution in [-0.2, 0) is 17.9 Å². The van der Waals surface area contributed by atoms with Crippen molar-refractivity contribution in [2.75, 3.05) is 11.4 Å². The number of aryl methyl sites for hydroxylation is 1. The fraction of sp³-hybridized carbons (Fsp3) is 0.250. The summed E-state index contributed by atoms with van der Waals surface area (Å²) >= 11 is 0. The SMILES string of the molecule is Cc1cccnc1CN1C(=O)CNCc2ccccc21. The van der Waals surface area contributed by atoms with E-state index in [9.17, 15) is 4.79 Å². The number of para-hydroxylation sites is 1. The summed E-state index contributed by atoms with van der Waals surface area (Å²) in [5.41, 5.74) is 4.17. The van der Waals surface area contributed by atoms with Gasteiger partial charge in [0.1, 0.15) is 0 Å².